The molecule has 2 N–H and O–H groups in total. The molecule has 1 aromatic heterocycles. The van der Waals surface area contributed by atoms with Crippen LogP contribution in [-0.4, -0.2) is 16.0 Å². The number of aromatic nitrogens is 1. The van der Waals surface area contributed by atoms with E-state index in [1.54, 1.807) is 24.3 Å². The maximum Gasteiger partial charge on any atom is 0.258 e. The lowest BCUT2D eigenvalue weighted by molar-refractivity contribution is 0.0978. The number of carbonyl (C=O) groups is 1. The summed E-state index contributed by atoms with van der Waals surface area (Å²) in [7, 11) is 0. The van der Waals surface area contributed by atoms with Gasteiger partial charge in [0, 0.05) is 9.13 Å². The molecule has 1 unspecified atom stereocenters. The highest BCUT2D eigenvalue weighted by Crippen LogP contribution is 2.32. The lowest BCUT2D eigenvalue weighted by Crippen LogP contribution is -2.34. The van der Waals surface area contributed by atoms with E-state index in [-0.39, 0.29) is 5.11 Å². The van der Waals surface area contributed by atoms with Gasteiger partial charge in [-0.05, 0) is 101 Å². The fraction of sp³-hybridized carbons (Fsp3) is 0.160. The second kappa shape index (κ2) is 10.6. The molecule has 0 spiro atoms. The number of nitrogens with one attached hydrogen (secondary N) is 2. The van der Waals surface area contributed by atoms with Crippen molar-refractivity contribution < 1.29 is 9.21 Å². The number of thiocarbonyl (C=S) groups is 1. The van der Waals surface area contributed by atoms with Crippen LogP contribution in [0.4, 0.5) is 5.69 Å². The van der Waals surface area contributed by atoms with E-state index in [2.05, 4.69) is 64.2 Å². The summed E-state index contributed by atoms with van der Waals surface area (Å²) < 4.78 is 6.85. The number of hydrogen-bond donors (Lipinski definition) is 2. The lowest BCUT2D eigenvalue weighted by atomic mass is 9.98. The van der Waals surface area contributed by atoms with Gasteiger partial charge in [-0.1, -0.05) is 43.1 Å². The van der Waals surface area contributed by atoms with Crippen LogP contribution >= 0.6 is 58.0 Å². The highest BCUT2D eigenvalue weighted by Gasteiger charge is 2.15. The molecule has 9 heteroatoms. The van der Waals surface area contributed by atoms with Gasteiger partial charge in [0.1, 0.15) is 5.52 Å². The van der Waals surface area contributed by atoms with E-state index >= 15 is 0 Å². The smallest absolute Gasteiger partial charge is 0.258 e. The zero-order valence-corrected chi connectivity index (χ0v) is 22.8. The van der Waals surface area contributed by atoms with Crippen molar-refractivity contribution in [3.8, 4) is 11.5 Å². The van der Waals surface area contributed by atoms with Crippen LogP contribution in [0, 0.1) is 3.57 Å². The van der Waals surface area contributed by atoms with Crippen molar-refractivity contribution in [1.82, 2.24) is 10.3 Å². The minimum Gasteiger partial charge on any atom is -0.436 e. The van der Waals surface area contributed by atoms with Crippen molar-refractivity contribution in [2.45, 2.75) is 26.2 Å². The van der Waals surface area contributed by atoms with Crippen LogP contribution in [0.3, 0.4) is 0 Å². The van der Waals surface area contributed by atoms with E-state index in [0.717, 1.165) is 21.1 Å². The summed E-state index contributed by atoms with van der Waals surface area (Å²) in [5, 5.41) is 6.48. The third-order valence-electron chi connectivity index (χ3n) is 5.45. The monoisotopic (exact) mass is 623 g/mol. The van der Waals surface area contributed by atoms with Gasteiger partial charge in [-0.3, -0.25) is 10.1 Å². The van der Waals surface area contributed by atoms with Gasteiger partial charge in [-0.2, -0.15) is 0 Å². The Balaban J connectivity index is 1.54. The van der Waals surface area contributed by atoms with Crippen LogP contribution in [0.15, 0.2) is 59.0 Å². The van der Waals surface area contributed by atoms with E-state index in [9.17, 15) is 4.79 Å². The molecule has 0 saturated heterocycles. The highest BCUT2D eigenvalue weighted by molar-refractivity contribution is 14.1. The van der Waals surface area contributed by atoms with Crippen molar-refractivity contribution >= 4 is 85.8 Å². The first-order valence-corrected chi connectivity index (χ1v) is 12.8. The van der Waals surface area contributed by atoms with Crippen molar-refractivity contribution in [2.24, 2.45) is 0 Å². The molecule has 4 rings (SSSR count). The fourth-order valence-corrected chi connectivity index (χ4v) is 4.42. The molecule has 0 aliphatic carbocycles. The standard InChI is InChI=1S/C25H20Cl2IN3O2S/c1-3-13(2)14-5-9-22-21(10-14)29-24(33-22)15-4-7-19(27)20(11-15)30-25(34)31-23(32)17-12-16(28)6-8-18(17)26/h4-13H,3H2,1-2H3,(H2,30,31,32,34). The number of rotatable bonds is 5. The molecule has 0 saturated carbocycles. The van der Waals surface area contributed by atoms with Crippen LogP contribution in [0.25, 0.3) is 22.6 Å². The summed E-state index contributed by atoms with van der Waals surface area (Å²) in [6, 6.07) is 16.6. The topological polar surface area (TPSA) is 67.2 Å². The van der Waals surface area contributed by atoms with Crippen molar-refractivity contribution in [3.05, 3.63) is 79.3 Å². The van der Waals surface area contributed by atoms with E-state index < -0.39 is 5.91 Å². The average molecular weight is 624 g/mol. The molecule has 0 bridgehead atoms. The van der Waals surface area contributed by atoms with E-state index in [0.29, 0.717) is 38.7 Å². The number of anilines is 1. The van der Waals surface area contributed by atoms with Crippen molar-refractivity contribution in [2.75, 3.05) is 5.32 Å². The SMILES string of the molecule is CCC(C)c1ccc2oc(-c3ccc(Cl)c(NC(=S)NC(=O)c4cc(I)ccc4Cl)c3)nc2c1. The number of halogens is 3. The Bertz CT molecular complexity index is 1410. The molecule has 0 fully saturated rings. The highest BCUT2D eigenvalue weighted by atomic mass is 127. The van der Waals surface area contributed by atoms with Crippen LogP contribution < -0.4 is 10.6 Å². The molecular formula is C25H20Cl2IN3O2S. The molecular weight excluding hydrogens is 604 g/mol. The first-order chi connectivity index (χ1) is 16.2. The zero-order chi connectivity index (χ0) is 24.4. The Morgan fingerprint density at radius 3 is 2.65 bits per heavy atom. The van der Waals surface area contributed by atoms with Crippen LogP contribution in [-0.2, 0) is 0 Å². The van der Waals surface area contributed by atoms with Gasteiger partial charge in [0.15, 0.2) is 10.7 Å². The van der Waals surface area contributed by atoms with Gasteiger partial charge in [0.05, 0.1) is 21.3 Å². The first kappa shape index (κ1) is 24.9. The Morgan fingerprint density at radius 2 is 1.88 bits per heavy atom. The number of carbonyl (C=O) groups excluding carboxylic acids is 1. The average Bonchev–Trinajstić information content (AvgIpc) is 3.24. The molecule has 4 aromatic rings. The first-order valence-electron chi connectivity index (χ1n) is 10.5. The summed E-state index contributed by atoms with van der Waals surface area (Å²) in [5.41, 5.74) is 4.31. The minimum atomic E-state index is -0.413. The van der Waals surface area contributed by atoms with Crippen molar-refractivity contribution in [3.63, 3.8) is 0 Å². The largest absolute Gasteiger partial charge is 0.436 e. The van der Waals surface area contributed by atoms with Gasteiger partial charge in [-0.25, -0.2) is 4.98 Å². The Morgan fingerprint density at radius 1 is 1.12 bits per heavy atom. The second-order valence-electron chi connectivity index (χ2n) is 7.78. The molecule has 0 aliphatic rings. The van der Waals surface area contributed by atoms with Gasteiger partial charge in [-0.15, -0.1) is 0 Å². The van der Waals surface area contributed by atoms with Gasteiger partial charge < -0.3 is 9.73 Å². The van der Waals surface area contributed by atoms with Gasteiger partial charge in [0.2, 0.25) is 5.89 Å². The molecule has 174 valence electrons. The van der Waals surface area contributed by atoms with Crippen molar-refractivity contribution in [1.29, 1.82) is 0 Å². The predicted octanol–water partition coefficient (Wildman–Crippen LogP) is 8.05. The summed E-state index contributed by atoms with van der Waals surface area (Å²) in [5.74, 6) is 0.502. The number of oxazole rings is 1. The summed E-state index contributed by atoms with van der Waals surface area (Å²) >= 11 is 20.0. The second-order valence-corrected chi connectivity index (χ2v) is 10.3. The molecule has 1 atom stereocenters. The fourth-order valence-electron chi connectivity index (χ4n) is 3.36. The third-order valence-corrected chi connectivity index (χ3v) is 6.99. The van der Waals surface area contributed by atoms with E-state index in [1.807, 2.05) is 18.2 Å². The number of nitrogens with zero attached hydrogens (tertiary/aromatic N) is 1. The molecule has 34 heavy (non-hydrogen) atoms. The summed E-state index contributed by atoms with van der Waals surface area (Å²) in [6.45, 7) is 4.35. The van der Waals surface area contributed by atoms with Crippen LogP contribution in [0.1, 0.15) is 42.1 Å². The van der Waals surface area contributed by atoms with Crippen LogP contribution in [0.2, 0.25) is 10.0 Å². The molecule has 5 nitrogen and oxygen atoms in total. The number of fused-ring (bicyclic) bond motifs is 1. The summed E-state index contributed by atoms with van der Waals surface area (Å²) in [6.07, 6.45) is 1.05. The van der Waals surface area contributed by atoms with Crippen LogP contribution in [0.5, 0.6) is 0 Å². The number of hydrogen-bond acceptors (Lipinski definition) is 4. The zero-order valence-electron chi connectivity index (χ0n) is 18.3. The molecule has 1 heterocycles. The predicted molar refractivity (Wildman–Crippen MR) is 151 cm³/mol. The summed E-state index contributed by atoms with van der Waals surface area (Å²) in [4.78, 5) is 17.3. The minimum absolute atomic E-state index is 0.0924. The number of amides is 1. The molecule has 0 radical (unpaired) electrons. The van der Waals surface area contributed by atoms with Gasteiger partial charge >= 0.3 is 0 Å². The number of benzene rings is 3. The molecule has 1 amide bonds. The Hall–Kier alpha value is -2.20. The quantitative estimate of drug-likeness (QED) is 0.174. The molecule has 0 aliphatic heterocycles. The lowest BCUT2D eigenvalue weighted by Gasteiger charge is -2.12. The normalized spacial score (nSPS) is 11.9. The Labute approximate surface area is 226 Å². The molecule has 3 aromatic carbocycles. The third kappa shape index (κ3) is 5.54. The van der Waals surface area contributed by atoms with E-state index in [1.165, 1.54) is 5.56 Å². The Kier molecular flexibility index (Phi) is 7.77. The maximum absolute atomic E-state index is 12.6. The van der Waals surface area contributed by atoms with E-state index in [4.69, 9.17) is 39.8 Å². The van der Waals surface area contributed by atoms with Gasteiger partial charge in [0.25, 0.3) is 5.91 Å². The maximum atomic E-state index is 12.6.